The molecule has 1 unspecified atom stereocenters. The van der Waals surface area contributed by atoms with Gasteiger partial charge in [-0.1, -0.05) is 0 Å². The minimum Gasteiger partial charge on any atom is -0.466 e. The molecule has 0 saturated carbocycles. The Bertz CT molecular complexity index is 623. The van der Waals surface area contributed by atoms with Gasteiger partial charge in [0.05, 0.1) is 16.6 Å². The van der Waals surface area contributed by atoms with E-state index in [1.165, 1.54) is 4.88 Å². The first-order valence-corrected chi connectivity index (χ1v) is 9.15. The van der Waals surface area contributed by atoms with E-state index in [0.717, 1.165) is 23.3 Å². The number of hydrogen-bond donors (Lipinski definition) is 3. The van der Waals surface area contributed by atoms with Crippen LogP contribution in [0.3, 0.4) is 0 Å². The average Bonchev–Trinajstić information content (AvgIpc) is 3.17. The number of aliphatic imine (C=N–C) groups is 1. The summed E-state index contributed by atoms with van der Waals surface area (Å²) in [6.45, 7) is 5.47. The molecule has 23 heavy (non-hydrogen) atoms. The predicted octanol–water partition coefficient (Wildman–Crippen LogP) is 3.11. The lowest BCUT2D eigenvalue weighted by Crippen LogP contribution is -2.39. The third kappa shape index (κ3) is 5.67. The molecule has 2 aromatic rings. The van der Waals surface area contributed by atoms with Crippen molar-refractivity contribution in [2.75, 3.05) is 19.6 Å². The first-order valence-electron chi connectivity index (χ1n) is 7.54. The molecular weight excluding hydrogens is 378 g/mol. The van der Waals surface area contributed by atoms with Crippen LogP contribution in [-0.4, -0.2) is 30.7 Å². The lowest BCUT2D eigenvalue weighted by Gasteiger charge is -2.19. The largest absolute Gasteiger partial charge is 0.466 e. The van der Waals surface area contributed by atoms with Crippen molar-refractivity contribution in [1.82, 2.24) is 10.6 Å². The Kier molecular flexibility index (Phi) is 6.68. The molecule has 0 bridgehead atoms. The summed E-state index contributed by atoms with van der Waals surface area (Å²) in [7, 11) is 0. The molecule has 0 saturated heterocycles. The number of rotatable bonds is 7. The molecule has 2 rings (SSSR count). The second-order valence-corrected chi connectivity index (χ2v) is 7.88. The van der Waals surface area contributed by atoms with Crippen LogP contribution in [-0.2, 0) is 12.0 Å². The summed E-state index contributed by atoms with van der Waals surface area (Å²) in [4.78, 5) is 5.76. The van der Waals surface area contributed by atoms with E-state index in [-0.39, 0.29) is 6.54 Å². The Morgan fingerprint density at radius 3 is 2.83 bits per heavy atom. The summed E-state index contributed by atoms with van der Waals surface area (Å²) >= 11 is 5.20. The average molecular weight is 400 g/mol. The summed E-state index contributed by atoms with van der Waals surface area (Å²) in [5.74, 6) is 1.20. The molecule has 0 aliphatic carbocycles. The van der Waals surface area contributed by atoms with Crippen LogP contribution in [0, 0.1) is 0 Å². The van der Waals surface area contributed by atoms with Crippen LogP contribution in [0.15, 0.2) is 43.7 Å². The Labute approximate surface area is 148 Å². The van der Waals surface area contributed by atoms with Gasteiger partial charge in [-0.15, -0.1) is 11.3 Å². The van der Waals surface area contributed by atoms with E-state index in [1.807, 2.05) is 6.92 Å². The van der Waals surface area contributed by atoms with Crippen molar-refractivity contribution in [3.8, 4) is 0 Å². The topological polar surface area (TPSA) is 69.8 Å². The van der Waals surface area contributed by atoms with Crippen LogP contribution in [0.1, 0.15) is 24.5 Å². The van der Waals surface area contributed by atoms with Gasteiger partial charge in [-0.2, -0.15) is 0 Å². The van der Waals surface area contributed by atoms with Crippen molar-refractivity contribution in [1.29, 1.82) is 0 Å². The quantitative estimate of drug-likeness (QED) is 0.494. The van der Waals surface area contributed by atoms with Crippen LogP contribution in [0.5, 0.6) is 0 Å². The number of furan rings is 1. The molecule has 0 fully saturated rings. The highest BCUT2D eigenvalue weighted by Gasteiger charge is 2.25. The molecule has 7 heteroatoms. The van der Waals surface area contributed by atoms with Gasteiger partial charge < -0.3 is 20.2 Å². The Balaban J connectivity index is 1.89. The minimum atomic E-state index is -1.12. The zero-order valence-corrected chi connectivity index (χ0v) is 15.7. The van der Waals surface area contributed by atoms with Crippen LogP contribution >= 0.6 is 27.3 Å². The van der Waals surface area contributed by atoms with Gasteiger partial charge in [0.25, 0.3) is 0 Å². The number of hydrogen-bond acceptors (Lipinski definition) is 4. The molecular formula is C16H22BrN3O2S. The number of aliphatic hydroxyl groups is 1. The van der Waals surface area contributed by atoms with E-state index in [4.69, 9.17) is 4.42 Å². The number of nitrogens with zero attached hydrogens (tertiary/aromatic N) is 1. The van der Waals surface area contributed by atoms with E-state index in [2.05, 4.69) is 43.7 Å². The standard InChI is InChI=1S/C16H22BrN3O2S/c1-3-18-15(19-9-8-12-6-7-14(17)23-12)20-11-16(2,21)13-5-4-10-22-13/h4-7,10,21H,3,8-9,11H2,1-2H3,(H2,18,19,20). The van der Waals surface area contributed by atoms with Crippen molar-refractivity contribution in [3.05, 3.63) is 45.0 Å². The lowest BCUT2D eigenvalue weighted by molar-refractivity contribution is 0.0437. The maximum atomic E-state index is 10.4. The first-order chi connectivity index (χ1) is 11.0. The molecule has 0 radical (unpaired) electrons. The molecule has 3 N–H and O–H groups in total. The van der Waals surface area contributed by atoms with Crippen molar-refractivity contribution in [3.63, 3.8) is 0 Å². The zero-order valence-electron chi connectivity index (χ0n) is 13.3. The monoisotopic (exact) mass is 399 g/mol. The molecule has 2 heterocycles. The predicted molar refractivity (Wildman–Crippen MR) is 98.0 cm³/mol. The molecule has 5 nitrogen and oxygen atoms in total. The van der Waals surface area contributed by atoms with Crippen molar-refractivity contribution >= 4 is 33.2 Å². The Morgan fingerprint density at radius 1 is 1.39 bits per heavy atom. The summed E-state index contributed by atoms with van der Waals surface area (Å²) < 4.78 is 6.41. The van der Waals surface area contributed by atoms with E-state index in [1.54, 1.807) is 36.7 Å². The second kappa shape index (κ2) is 8.52. The zero-order chi connectivity index (χ0) is 16.7. The maximum absolute atomic E-state index is 10.4. The molecule has 0 aliphatic rings. The molecule has 0 spiro atoms. The Morgan fingerprint density at radius 2 is 2.22 bits per heavy atom. The van der Waals surface area contributed by atoms with Crippen LogP contribution in [0.25, 0.3) is 0 Å². The summed E-state index contributed by atoms with van der Waals surface area (Å²) in [6, 6.07) is 7.68. The van der Waals surface area contributed by atoms with Gasteiger partial charge in [0.15, 0.2) is 5.96 Å². The number of halogens is 1. The van der Waals surface area contributed by atoms with Gasteiger partial charge in [-0.05, 0) is 60.5 Å². The van der Waals surface area contributed by atoms with Crippen LogP contribution in [0.2, 0.25) is 0 Å². The van der Waals surface area contributed by atoms with Crippen molar-refractivity contribution in [2.45, 2.75) is 25.9 Å². The molecule has 126 valence electrons. The number of guanidine groups is 1. The fourth-order valence-electron chi connectivity index (χ4n) is 2.03. The van der Waals surface area contributed by atoms with Gasteiger partial charge in [-0.3, -0.25) is 0 Å². The molecule has 0 amide bonds. The molecule has 0 aromatic carbocycles. The lowest BCUT2D eigenvalue weighted by atomic mass is 10.0. The van der Waals surface area contributed by atoms with Gasteiger partial charge in [0.1, 0.15) is 11.4 Å². The number of thiophene rings is 1. The smallest absolute Gasteiger partial charge is 0.191 e. The van der Waals surface area contributed by atoms with E-state index in [9.17, 15) is 5.11 Å². The van der Waals surface area contributed by atoms with Crippen molar-refractivity contribution < 1.29 is 9.52 Å². The molecule has 0 aliphatic heterocycles. The van der Waals surface area contributed by atoms with Crippen LogP contribution < -0.4 is 10.6 Å². The Hall–Kier alpha value is -1.31. The van der Waals surface area contributed by atoms with E-state index >= 15 is 0 Å². The summed E-state index contributed by atoms with van der Waals surface area (Å²) in [6.07, 6.45) is 2.48. The highest BCUT2D eigenvalue weighted by atomic mass is 79.9. The first kappa shape index (κ1) is 18.0. The van der Waals surface area contributed by atoms with Gasteiger partial charge in [-0.25, -0.2) is 4.99 Å². The normalized spacial score (nSPS) is 14.5. The molecule has 1 atom stereocenters. The van der Waals surface area contributed by atoms with Crippen LogP contribution in [0.4, 0.5) is 0 Å². The maximum Gasteiger partial charge on any atom is 0.191 e. The van der Waals surface area contributed by atoms with Gasteiger partial charge >= 0.3 is 0 Å². The minimum absolute atomic E-state index is 0.223. The third-order valence-corrected chi connectivity index (χ3v) is 4.92. The fraction of sp³-hybridized carbons (Fsp3) is 0.438. The van der Waals surface area contributed by atoms with Gasteiger partial charge in [0.2, 0.25) is 0 Å². The van der Waals surface area contributed by atoms with Gasteiger partial charge in [0, 0.05) is 18.0 Å². The highest BCUT2D eigenvalue weighted by Crippen LogP contribution is 2.22. The SMILES string of the molecule is CCNC(=NCC(C)(O)c1ccco1)NCCc1ccc(Br)s1. The van der Waals surface area contributed by atoms with Crippen molar-refractivity contribution in [2.24, 2.45) is 4.99 Å². The number of nitrogens with one attached hydrogen (secondary N) is 2. The third-order valence-electron chi connectivity index (χ3n) is 3.23. The highest BCUT2D eigenvalue weighted by molar-refractivity contribution is 9.11. The molecule has 2 aromatic heterocycles. The van der Waals surface area contributed by atoms with E-state index in [0.29, 0.717) is 11.7 Å². The second-order valence-electron chi connectivity index (χ2n) is 5.33. The summed E-state index contributed by atoms with van der Waals surface area (Å²) in [5, 5.41) is 16.9. The fourth-order valence-corrected chi connectivity index (χ4v) is 3.51. The van der Waals surface area contributed by atoms with E-state index < -0.39 is 5.60 Å². The summed E-state index contributed by atoms with van der Waals surface area (Å²) in [5.41, 5.74) is -1.12.